The predicted molar refractivity (Wildman–Crippen MR) is 87.0 cm³/mol. The number of fused-ring (bicyclic) bond motifs is 2. The number of benzene rings is 1. The van der Waals surface area contributed by atoms with Crippen molar-refractivity contribution in [3.63, 3.8) is 0 Å². The van der Waals surface area contributed by atoms with E-state index in [0.29, 0.717) is 12.2 Å². The van der Waals surface area contributed by atoms with Gasteiger partial charge in [0.15, 0.2) is 11.5 Å². The van der Waals surface area contributed by atoms with Crippen LogP contribution in [0, 0.1) is 5.92 Å². The fourth-order valence-electron chi connectivity index (χ4n) is 3.54. The minimum Gasteiger partial charge on any atom is -1.00 e. The highest BCUT2D eigenvalue weighted by Gasteiger charge is 2.42. The van der Waals surface area contributed by atoms with Crippen LogP contribution in [0.3, 0.4) is 0 Å². The normalized spacial score (nSPS) is 20.3. The Kier molecular flexibility index (Phi) is 5.69. The molecule has 0 bridgehead atoms. The zero-order valence-electron chi connectivity index (χ0n) is 15.0. The molecule has 0 amide bonds. The average Bonchev–Trinajstić information content (AvgIpc) is 2.95. The number of carbonyl (C=O) groups is 1. The van der Waals surface area contributed by atoms with Crippen LogP contribution in [0.2, 0.25) is 0 Å². The van der Waals surface area contributed by atoms with Crippen molar-refractivity contribution in [1.82, 2.24) is 0 Å². The quantitative estimate of drug-likeness (QED) is 0.471. The molecule has 2 heterocycles. The number of halogens is 1. The molecule has 3 rings (SSSR count). The van der Waals surface area contributed by atoms with Gasteiger partial charge in [-0.05, 0) is 11.6 Å². The lowest BCUT2D eigenvalue weighted by molar-refractivity contribution is -0.922. The summed E-state index contributed by atoms with van der Waals surface area (Å²) in [6.45, 7) is 5.14. The van der Waals surface area contributed by atoms with Crippen molar-refractivity contribution >= 4 is 5.78 Å². The molecule has 0 aromatic heterocycles. The van der Waals surface area contributed by atoms with Crippen LogP contribution in [0.5, 0.6) is 17.2 Å². The van der Waals surface area contributed by atoms with Gasteiger partial charge in [-0.3, -0.25) is 4.79 Å². The van der Waals surface area contributed by atoms with Gasteiger partial charge in [0.05, 0.1) is 39.7 Å². The number of carbonyl (C=O) groups excluding carboxylic acids is 1. The maximum Gasteiger partial charge on any atom is 0.231 e. The fourth-order valence-corrected chi connectivity index (χ4v) is 3.54. The molecular weight excluding hydrogens is 421 g/mol. The van der Waals surface area contributed by atoms with E-state index in [2.05, 4.69) is 20.2 Å². The summed E-state index contributed by atoms with van der Waals surface area (Å²) in [5.74, 6) is 2.49. The standard InChI is InChI=1S/C18H26NO4.HI/c1-11(2)14(20)9-13-16-12(6-7-19(13,3)4)8-15-17(18(16)21-5)23-10-22-15;/h8,11,13H,6-7,9-10H2,1-5H3;1H/q+1;/p-1. The summed E-state index contributed by atoms with van der Waals surface area (Å²) < 4.78 is 17.6. The largest absolute Gasteiger partial charge is 1.00 e. The average molecular weight is 447 g/mol. The number of likely N-dealkylation sites (N-methyl/N-ethyl adjacent to an activating group) is 1. The van der Waals surface area contributed by atoms with Gasteiger partial charge in [-0.1, -0.05) is 13.8 Å². The summed E-state index contributed by atoms with van der Waals surface area (Å²) >= 11 is 0. The van der Waals surface area contributed by atoms with Crippen LogP contribution in [0.25, 0.3) is 0 Å². The van der Waals surface area contributed by atoms with E-state index in [4.69, 9.17) is 14.2 Å². The number of nitrogens with zero attached hydrogens (tertiary/aromatic N) is 1. The number of quaternary nitrogens is 1. The Balaban J connectivity index is 0.00000208. The van der Waals surface area contributed by atoms with Gasteiger partial charge in [-0.2, -0.15) is 0 Å². The molecule has 0 N–H and O–H groups in total. The number of ether oxygens (including phenoxy) is 3. The highest BCUT2D eigenvalue weighted by molar-refractivity contribution is 5.81. The van der Waals surface area contributed by atoms with E-state index >= 15 is 0 Å². The van der Waals surface area contributed by atoms with Crippen LogP contribution in [-0.4, -0.2) is 44.8 Å². The van der Waals surface area contributed by atoms with Crippen LogP contribution in [0.15, 0.2) is 6.07 Å². The van der Waals surface area contributed by atoms with Gasteiger partial charge in [0.1, 0.15) is 11.8 Å². The highest BCUT2D eigenvalue weighted by Crippen LogP contribution is 2.51. The number of hydrogen-bond donors (Lipinski definition) is 0. The molecule has 1 aromatic rings. The summed E-state index contributed by atoms with van der Waals surface area (Å²) in [4.78, 5) is 12.4. The van der Waals surface area contributed by atoms with E-state index in [0.717, 1.165) is 34.5 Å². The highest BCUT2D eigenvalue weighted by atomic mass is 127. The zero-order chi connectivity index (χ0) is 16.8. The molecule has 2 aliphatic rings. The number of methoxy groups -OCH3 is 1. The van der Waals surface area contributed by atoms with Gasteiger partial charge in [-0.25, -0.2) is 0 Å². The second kappa shape index (κ2) is 7.07. The maximum atomic E-state index is 12.4. The van der Waals surface area contributed by atoms with Crippen molar-refractivity contribution in [3.05, 3.63) is 17.2 Å². The summed E-state index contributed by atoms with van der Waals surface area (Å²) in [6.07, 6.45) is 1.47. The summed E-state index contributed by atoms with van der Waals surface area (Å²) in [6, 6.07) is 2.14. The van der Waals surface area contributed by atoms with Crippen LogP contribution in [0.1, 0.15) is 37.4 Å². The fraction of sp³-hybridized carbons (Fsp3) is 0.611. The molecule has 1 unspecified atom stereocenters. The second-order valence-electron chi connectivity index (χ2n) is 7.31. The van der Waals surface area contributed by atoms with Crippen molar-refractivity contribution in [3.8, 4) is 17.2 Å². The molecule has 2 aliphatic heterocycles. The maximum absolute atomic E-state index is 12.4. The van der Waals surface area contributed by atoms with Crippen LogP contribution >= 0.6 is 0 Å². The lowest BCUT2D eigenvalue weighted by Crippen LogP contribution is -3.00. The molecule has 0 fully saturated rings. The molecule has 0 spiro atoms. The van der Waals surface area contributed by atoms with E-state index in [-0.39, 0.29) is 48.5 Å². The van der Waals surface area contributed by atoms with E-state index in [1.807, 2.05) is 13.8 Å². The van der Waals surface area contributed by atoms with Crippen molar-refractivity contribution in [2.45, 2.75) is 32.7 Å². The molecule has 6 heteroatoms. The van der Waals surface area contributed by atoms with Gasteiger partial charge < -0.3 is 42.7 Å². The minimum absolute atomic E-state index is 0. The Morgan fingerprint density at radius 2 is 2.08 bits per heavy atom. The first-order chi connectivity index (χ1) is 10.8. The summed E-state index contributed by atoms with van der Waals surface area (Å²) in [5, 5.41) is 0. The number of Topliss-reactive ketones (excluding diaryl/α,β-unsaturated/α-hetero) is 1. The lowest BCUT2D eigenvalue weighted by atomic mass is 9.85. The molecule has 0 aliphatic carbocycles. The number of rotatable bonds is 4. The molecule has 0 radical (unpaired) electrons. The van der Waals surface area contributed by atoms with Crippen molar-refractivity contribution in [2.24, 2.45) is 5.92 Å². The third kappa shape index (κ3) is 3.22. The SMILES string of the molecule is COc1c2c(cc3c1C(CC(=O)C(C)C)[N+](C)(C)CC3)OCO2.[I-]. The third-order valence-corrected chi connectivity index (χ3v) is 5.12. The van der Waals surface area contributed by atoms with Crippen LogP contribution in [-0.2, 0) is 11.2 Å². The molecule has 5 nitrogen and oxygen atoms in total. The van der Waals surface area contributed by atoms with Gasteiger partial charge in [-0.15, -0.1) is 0 Å². The number of ketones is 1. The molecular formula is C18H26INO4. The van der Waals surface area contributed by atoms with E-state index < -0.39 is 0 Å². The predicted octanol–water partition coefficient (Wildman–Crippen LogP) is -0.283. The van der Waals surface area contributed by atoms with Crippen LogP contribution in [0.4, 0.5) is 0 Å². The molecule has 0 saturated carbocycles. The Labute approximate surface area is 160 Å². The topological polar surface area (TPSA) is 44.8 Å². The molecule has 24 heavy (non-hydrogen) atoms. The monoisotopic (exact) mass is 447 g/mol. The molecule has 1 atom stereocenters. The third-order valence-electron chi connectivity index (χ3n) is 5.12. The second-order valence-corrected chi connectivity index (χ2v) is 7.31. The van der Waals surface area contributed by atoms with E-state index in [1.54, 1.807) is 7.11 Å². The van der Waals surface area contributed by atoms with Gasteiger partial charge >= 0.3 is 0 Å². The molecule has 0 saturated heterocycles. The summed E-state index contributed by atoms with van der Waals surface area (Å²) in [7, 11) is 6.03. The first-order valence-electron chi connectivity index (χ1n) is 8.20. The molecule has 134 valence electrons. The first-order valence-corrected chi connectivity index (χ1v) is 8.20. The Morgan fingerprint density at radius 1 is 1.38 bits per heavy atom. The Hall–Kier alpha value is -1.02. The van der Waals surface area contributed by atoms with E-state index in [1.165, 1.54) is 5.56 Å². The number of hydrogen-bond acceptors (Lipinski definition) is 4. The van der Waals surface area contributed by atoms with E-state index in [9.17, 15) is 4.79 Å². The lowest BCUT2D eigenvalue weighted by Gasteiger charge is -2.43. The van der Waals surface area contributed by atoms with Gasteiger partial charge in [0.2, 0.25) is 12.5 Å². The minimum atomic E-state index is 0. The Morgan fingerprint density at radius 3 is 2.71 bits per heavy atom. The van der Waals surface area contributed by atoms with Crippen LogP contribution < -0.4 is 38.2 Å². The summed E-state index contributed by atoms with van der Waals surface area (Å²) in [5.41, 5.74) is 2.33. The van der Waals surface area contributed by atoms with Crippen molar-refractivity contribution in [2.75, 3.05) is 34.5 Å². The van der Waals surface area contributed by atoms with Gasteiger partial charge in [0, 0.05) is 12.3 Å². The van der Waals surface area contributed by atoms with Gasteiger partial charge in [0.25, 0.3) is 0 Å². The Bertz CT molecular complexity index is 642. The first kappa shape index (κ1) is 19.3. The smallest absolute Gasteiger partial charge is 0.231 e. The molecule has 1 aromatic carbocycles. The zero-order valence-corrected chi connectivity index (χ0v) is 17.2. The van der Waals surface area contributed by atoms with Crippen molar-refractivity contribution < 1.29 is 47.5 Å². The van der Waals surface area contributed by atoms with Crippen molar-refractivity contribution in [1.29, 1.82) is 0 Å².